The number of hydrogen-bond donors (Lipinski definition) is 2. The Hall–Kier alpha value is -1.03. The predicted molar refractivity (Wildman–Crippen MR) is 77.5 cm³/mol. The molecular weight excluding hydrogens is 224 g/mol. The molecular formula is C14H28N4. The molecule has 0 aliphatic rings. The normalized spacial score (nSPS) is 13.6. The van der Waals surface area contributed by atoms with Gasteiger partial charge in [0, 0.05) is 19.8 Å². The lowest BCUT2D eigenvalue weighted by Gasteiger charge is -2.30. The van der Waals surface area contributed by atoms with Crippen LogP contribution in [-0.4, -0.2) is 22.9 Å². The summed E-state index contributed by atoms with van der Waals surface area (Å²) in [7, 11) is 1.93. The van der Waals surface area contributed by atoms with Gasteiger partial charge in [-0.2, -0.15) is 5.10 Å². The summed E-state index contributed by atoms with van der Waals surface area (Å²) in [5.74, 6) is 0.707. The minimum atomic E-state index is 0.355. The Morgan fingerprint density at radius 3 is 2.61 bits per heavy atom. The zero-order valence-electron chi connectivity index (χ0n) is 12.2. The molecule has 0 fully saturated rings. The van der Waals surface area contributed by atoms with Crippen molar-refractivity contribution in [3.05, 3.63) is 12.4 Å². The molecule has 1 rings (SSSR count). The molecule has 18 heavy (non-hydrogen) atoms. The van der Waals surface area contributed by atoms with Crippen LogP contribution in [0.2, 0.25) is 0 Å². The van der Waals surface area contributed by atoms with Crippen LogP contribution >= 0.6 is 0 Å². The van der Waals surface area contributed by atoms with Crippen molar-refractivity contribution in [3.8, 4) is 0 Å². The summed E-state index contributed by atoms with van der Waals surface area (Å²) in [6, 6.07) is 0. The van der Waals surface area contributed by atoms with Crippen molar-refractivity contribution in [2.45, 2.75) is 40.0 Å². The molecule has 0 radical (unpaired) electrons. The van der Waals surface area contributed by atoms with Crippen molar-refractivity contribution < 1.29 is 0 Å². The maximum atomic E-state index is 5.70. The fraction of sp³-hybridized carbons (Fsp3) is 0.786. The van der Waals surface area contributed by atoms with E-state index in [2.05, 4.69) is 31.2 Å². The van der Waals surface area contributed by atoms with Crippen molar-refractivity contribution in [1.82, 2.24) is 9.78 Å². The molecule has 4 nitrogen and oxygen atoms in total. The second-order valence-electron chi connectivity index (χ2n) is 6.11. The summed E-state index contributed by atoms with van der Waals surface area (Å²) in [5.41, 5.74) is 7.15. The van der Waals surface area contributed by atoms with Crippen LogP contribution in [0.3, 0.4) is 0 Å². The van der Waals surface area contributed by atoms with E-state index in [9.17, 15) is 0 Å². The zero-order chi connectivity index (χ0) is 13.6. The highest BCUT2D eigenvalue weighted by Crippen LogP contribution is 2.31. The SMILES string of the molecule is Cn1cc(NCCCC(CCN)C(C)(C)C)cn1. The van der Waals surface area contributed by atoms with Crippen LogP contribution < -0.4 is 11.1 Å². The van der Waals surface area contributed by atoms with Gasteiger partial charge < -0.3 is 11.1 Å². The molecule has 1 atom stereocenters. The van der Waals surface area contributed by atoms with Gasteiger partial charge in [0.15, 0.2) is 0 Å². The first-order valence-electron chi connectivity index (χ1n) is 6.86. The predicted octanol–water partition coefficient (Wildman–Crippen LogP) is 2.62. The molecule has 1 aromatic heterocycles. The van der Waals surface area contributed by atoms with Crippen LogP contribution in [0.5, 0.6) is 0 Å². The second kappa shape index (κ2) is 6.78. The molecule has 3 N–H and O–H groups in total. The van der Waals surface area contributed by atoms with E-state index in [1.165, 1.54) is 12.8 Å². The van der Waals surface area contributed by atoms with Crippen LogP contribution in [0.1, 0.15) is 40.0 Å². The van der Waals surface area contributed by atoms with Gasteiger partial charge in [-0.05, 0) is 37.1 Å². The number of rotatable bonds is 7. The van der Waals surface area contributed by atoms with Gasteiger partial charge in [-0.25, -0.2) is 0 Å². The molecule has 0 saturated carbocycles. The number of aryl methyl sites for hydroxylation is 1. The molecule has 104 valence electrons. The molecule has 0 aliphatic carbocycles. The number of anilines is 1. The lowest BCUT2D eigenvalue weighted by atomic mass is 9.76. The Balaban J connectivity index is 2.26. The van der Waals surface area contributed by atoms with Gasteiger partial charge >= 0.3 is 0 Å². The molecule has 0 spiro atoms. The second-order valence-corrected chi connectivity index (χ2v) is 6.11. The summed E-state index contributed by atoms with van der Waals surface area (Å²) >= 11 is 0. The van der Waals surface area contributed by atoms with Crippen LogP contribution in [0, 0.1) is 11.3 Å². The maximum absolute atomic E-state index is 5.70. The third-order valence-electron chi connectivity index (χ3n) is 3.50. The van der Waals surface area contributed by atoms with Gasteiger partial charge in [0.1, 0.15) is 0 Å². The zero-order valence-corrected chi connectivity index (χ0v) is 12.2. The van der Waals surface area contributed by atoms with E-state index >= 15 is 0 Å². The Kier molecular flexibility index (Phi) is 5.66. The lowest BCUT2D eigenvalue weighted by molar-refractivity contribution is 0.212. The highest BCUT2D eigenvalue weighted by atomic mass is 15.3. The number of nitrogens with two attached hydrogens (primary N) is 1. The summed E-state index contributed by atoms with van der Waals surface area (Å²) in [6.07, 6.45) is 7.39. The van der Waals surface area contributed by atoms with E-state index in [0.29, 0.717) is 11.3 Å². The minimum Gasteiger partial charge on any atom is -0.383 e. The molecule has 0 bridgehead atoms. The van der Waals surface area contributed by atoms with Gasteiger partial charge in [-0.3, -0.25) is 4.68 Å². The van der Waals surface area contributed by atoms with E-state index in [4.69, 9.17) is 5.73 Å². The number of hydrogen-bond acceptors (Lipinski definition) is 3. The average molecular weight is 252 g/mol. The van der Waals surface area contributed by atoms with Gasteiger partial charge in [0.05, 0.1) is 11.9 Å². The van der Waals surface area contributed by atoms with E-state index in [-0.39, 0.29) is 0 Å². The standard InChI is InChI=1S/C14H28N4/c1-14(2,3)12(7-8-15)6-5-9-16-13-10-17-18(4)11-13/h10-12,16H,5-9,15H2,1-4H3. The summed E-state index contributed by atoms with van der Waals surface area (Å²) in [5, 5.41) is 7.54. The molecule has 0 amide bonds. The number of aromatic nitrogens is 2. The molecule has 1 heterocycles. The van der Waals surface area contributed by atoms with Crippen LogP contribution in [0.15, 0.2) is 12.4 Å². The number of nitrogens with zero attached hydrogens (tertiary/aromatic N) is 2. The van der Waals surface area contributed by atoms with E-state index in [1.54, 1.807) is 0 Å². The topological polar surface area (TPSA) is 55.9 Å². The van der Waals surface area contributed by atoms with E-state index < -0.39 is 0 Å². The summed E-state index contributed by atoms with van der Waals surface area (Å²) in [6.45, 7) is 8.71. The molecule has 0 saturated heterocycles. The molecule has 4 heteroatoms. The highest BCUT2D eigenvalue weighted by Gasteiger charge is 2.22. The maximum Gasteiger partial charge on any atom is 0.0726 e. The Labute approximate surface area is 111 Å². The average Bonchev–Trinajstić information content (AvgIpc) is 2.67. The first-order valence-corrected chi connectivity index (χ1v) is 6.86. The Morgan fingerprint density at radius 2 is 2.11 bits per heavy atom. The Bertz CT molecular complexity index is 338. The first kappa shape index (κ1) is 15.0. The van der Waals surface area contributed by atoms with E-state index in [0.717, 1.165) is 25.2 Å². The molecule has 0 aromatic carbocycles. The van der Waals surface area contributed by atoms with Gasteiger partial charge in [-0.15, -0.1) is 0 Å². The largest absolute Gasteiger partial charge is 0.383 e. The summed E-state index contributed by atoms with van der Waals surface area (Å²) < 4.78 is 1.81. The Morgan fingerprint density at radius 1 is 1.39 bits per heavy atom. The highest BCUT2D eigenvalue weighted by molar-refractivity contribution is 5.37. The smallest absolute Gasteiger partial charge is 0.0726 e. The molecule has 1 unspecified atom stereocenters. The molecule has 1 aromatic rings. The van der Waals surface area contributed by atoms with Crippen LogP contribution in [-0.2, 0) is 7.05 Å². The number of nitrogens with one attached hydrogen (secondary N) is 1. The van der Waals surface area contributed by atoms with Crippen molar-refractivity contribution >= 4 is 5.69 Å². The van der Waals surface area contributed by atoms with E-state index in [1.807, 2.05) is 24.1 Å². The first-order chi connectivity index (χ1) is 8.43. The van der Waals surface area contributed by atoms with Crippen molar-refractivity contribution in [1.29, 1.82) is 0 Å². The van der Waals surface area contributed by atoms with Gasteiger partial charge in [-0.1, -0.05) is 20.8 Å². The summed E-state index contributed by atoms with van der Waals surface area (Å²) in [4.78, 5) is 0. The van der Waals surface area contributed by atoms with Crippen molar-refractivity contribution in [2.75, 3.05) is 18.4 Å². The molecule has 0 aliphatic heterocycles. The monoisotopic (exact) mass is 252 g/mol. The third-order valence-corrected chi connectivity index (χ3v) is 3.50. The van der Waals surface area contributed by atoms with Crippen LogP contribution in [0.25, 0.3) is 0 Å². The van der Waals surface area contributed by atoms with Gasteiger partial charge in [0.2, 0.25) is 0 Å². The quantitative estimate of drug-likeness (QED) is 0.733. The minimum absolute atomic E-state index is 0.355. The fourth-order valence-corrected chi connectivity index (χ4v) is 2.31. The van der Waals surface area contributed by atoms with Crippen molar-refractivity contribution in [2.24, 2.45) is 24.1 Å². The lowest BCUT2D eigenvalue weighted by Crippen LogP contribution is -2.24. The van der Waals surface area contributed by atoms with Gasteiger partial charge in [0.25, 0.3) is 0 Å². The van der Waals surface area contributed by atoms with Crippen LogP contribution in [0.4, 0.5) is 5.69 Å². The third kappa shape index (κ3) is 5.08. The van der Waals surface area contributed by atoms with Crippen molar-refractivity contribution in [3.63, 3.8) is 0 Å². The fourth-order valence-electron chi connectivity index (χ4n) is 2.31.